The number of hydrogen-bond acceptors (Lipinski definition) is 4. The van der Waals surface area contributed by atoms with E-state index in [4.69, 9.17) is 21.1 Å². The molecule has 0 radical (unpaired) electrons. The molecule has 1 N–H and O–H groups in total. The van der Waals surface area contributed by atoms with Gasteiger partial charge in [-0.25, -0.2) is 0 Å². The van der Waals surface area contributed by atoms with E-state index in [1.807, 2.05) is 12.1 Å². The van der Waals surface area contributed by atoms with Crippen LogP contribution in [0.15, 0.2) is 42.5 Å². The van der Waals surface area contributed by atoms with Crippen molar-refractivity contribution in [3.05, 3.63) is 47.5 Å². The SMILES string of the molecule is COc1ccc(NC(=O)C2CC(=O)N(c3ccccc3OC)C2)cc1Cl. The predicted octanol–water partition coefficient (Wildman–Crippen LogP) is 3.35. The minimum Gasteiger partial charge on any atom is -0.495 e. The van der Waals surface area contributed by atoms with Crippen LogP contribution in [0.3, 0.4) is 0 Å². The Kier molecular flexibility index (Phi) is 5.32. The molecule has 1 aliphatic rings. The van der Waals surface area contributed by atoms with Gasteiger partial charge < -0.3 is 19.7 Å². The van der Waals surface area contributed by atoms with Gasteiger partial charge in [0.05, 0.1) is 30.8 Å². The molecule has 1 fully saturated rings. The molecule has 6 nitrogen and oxygen atoms in total. The number of carbonyl (C=O) groups is 2. The summed E-state index contributed by atoms with van der Waals surface area (Å²) < 4.78 is 10.4. The molecule has 0 saturated carbocycles. The number of nitrogens with one attached hydrogen (secondary N) is 1. The lowest BCUT2D eigenvalue weighted by atomic mass is 10.1. The van der Waals surface area contributed by atoms with Crippen molar-refractivity contribution in [2.75, 3.05) is 31.0 Å². The first kappa shape index (κ1) is 18.1. The molecular formula is C19H19ClN2O4. The Morgan fingerprint density at radius 3 is 2.58 bits per heavy atom. The maximum absolute atomic E-state index is 12.6. The van der Waals surface area contributed by atoms with Crippen LogP contribution in [0.4, 0.5) is 11.4 Å². The van der Waals surface area contributed by atoms with Crippen LogP contribution < -0.4 is 19.7 Å². The molecule has 0 spiro atoms. The Balaban J connectivity index is 1.72. The molecule has 2 amide bonds. The number of benzene rings is 2. The van der Waals surface area contributed by atoms with Gasteiger partial charge in [0, 0.05) is 18.7 Å². The topological polar surface area (TPSA) is 67.9 Å². The highest BCUT2D eigenvalue weighted by atomic mass is 35.5. The van der Waals surface area contributed by atoms with E-state index in [-0.39, 0.29) is 18.2 Å². The molecule has 2 aromatic carbocycles. The first-order valence-corrected chi connectivity index (χ1v) is 8.49. The van der Waals surface area contributed by atoms with Crippen LogP contribution in [0, 0.1) is 5.92 Å². The van der Waals surface area contributed by atoms with Crippen molar-refractivity contribution in [3.63, 3.8) is 0 Å². The van der Waals surface area contributed by atoms with Crippen LogP contribution in [0.2, 0.25) is 5.02 Å². The minimum atomic E-state index is -0.451. The number of rotatable bonds is 5. The van der Waals surface area contributed by atoms with E-state index in [9.17, 15) is 9.59 Å². The van der Waals surface area contributed by atoms with Crippen molar-refractivity contribution in [1.82, 2.24) is 0 Å². The Hall–Kier alpha value is -2.73. The van der Waals surface area contributed by atoms with Crippen LogP contribution >= 0.6 is 11.6 Å². The van der Waals surface area contributed by atoms with E-state index < -0.39 is 5.92 Å². The Morgan fingerprint density at radius 1 is 1.15 bits per heavy atom. The average molecular weight is 375 g/mol. The van der Waals surface area contributed by atoms with Crippen molar-refractivity contribution in [2.24, 2.45) is 5.92 Å². The van der Waals surface area contributed by atoms with Crippen LogP contribution in [0.5, 0.6) is 11.5 Å². The Morgan fingerprint density at radius 2 is 1.88 bits per heavy atom. The summed E-state index contributed by atoms with van der Waals surface area (Å²) in [6, 6.07) is 12.3. The van der Waals surface area contributed by atoms with Gasteiger partial charge >= 0.3 is 0 Å². The summed E-state index contributed by atoms with van der Waals surface area (Å²) in [5, 5.41) is 3.21. The van der Waals surface area contributed by atoms with Gasteiger partial charge in [0.25, 0.3) is 0 Å². The summed E-state index contributed by atoms with van der Waals surface area (Å²) in [4.78, 5) is 26.5. The third-order valence-electron chi connectivity index (χ3n) is 4.29. The molecule has 0 aliphatic carbocycles. The third-order valence-corrected chi connectivity index (χ3v) is 4.59. The first-order valence-electron chi connectivity index (χ1n) is 8.11. The lowest BCUT2D eigenvalue weighted by Crippen LogP contribution is -2.28. The van der Waals surface area contributed by atoms with Crippen molar-refractivity contribution < 1.29 is 19.1 Å². The fourth-order valence-corrected chi connectivity index (χ4v) is 3.21. The number of para-hydroxylation sites is 2. The zero-order valence-electron chi connectivity index (χ0n) is 14.5. The van der Waals surface area contributed by atoms with Crippen molar-refractivity contribution >= 4 is 34.8 Å². The molecular weight excluding hydrogens is 356 g/mol. The number of hydrogen-bond donors (Lipinski definition) is 1. The molecule has 3 rings (SSSR count). The second kappa shape index (κ2) is 7.66. The van der Waals surface area contributed by atoms with Crippen LogP contribution in [-0.2, 0) is 9.59 Å². The zero-order chi connectivity index (χ0) is 18.7. The number of halogens is 1. The smallest absolute Gasteiger partial charge is 0.229 e. The Bertz CT molecular complexity index is 840. The molecule has 0 bridgehead atoms. The monoisotopic (exact) mass is 374 g/mol. The van der Waals surface area contributed by atoms with E-state index in [2.05, 4.69) is 5.32 Å². The number of nitrogens with zero attached hydrogens (tertiary/aromatic N) is 1. The molecule has 1 heterocycles. The largest absolute Gasteiger partial charge is 0.495 e. The highest BCUT2D eigenvalue weighted by Crippen LogP contribution is 2.33. The molecule has 1 aliphatic heterocycles. The zero-order valence-corrected chi connectivity index (χ0v) is 15.2. The quantitative estimate of drug-likeness (QED) is 0.871. The van der Waals surface area contributed by atoms with Crippen LogP contribution in [-0.4, -0.2) is 32.6 Å². The Labute approximate surface area is 156 Å². The van der Waals surface area contributed by atoms with Crippen molar-refractivity contribution in [1.29, 1.82) is 0 Å². The van der Waals surface area contributed by atoms with Gasteiger partial charge in [-0.15, -0.1) is 0 Å². The average Bonchev–Trinajstić information content (AvgIpc) is 3.03. The van der Waals surface area contributed by atoms with Crippen LogP contribution in [0.1, 0.15) is 6.42 Å². The van der Waals surface area contributed by atoms with Gasteiger partial charge in [-0.05, 0) is 30.3 Å². The number of anilines is 2. The van der Waals surface area contributed by atoms with Crippen molar-refractivity contribution in [3.8, 4) is 11.5 Å². The van der Waals surface area contributed by atoms with E-state index in [1.165, 1.54) is 7.11 Å². The molecule has 2 aromatic rings. The molecule has 1 atom stereocenters. The third kappa shape index (κ3) is 3.60. The maximum atomic E-state index is 12.6. The molecule has 26 heavy (non-hydrogen) atoms. The summed E-state index contributed by atoms with van der Waals surface area (Å²) in [6.07, 6.45) is 0.147. The number of carbonyl (C=O) groups excluding carboxylic acids is 2. The molecule has 0 aromatic heterocycles. The summed E-state index contributed by atoms with van der Waals surface area (Å²) in [6.45, 7) is 0.301. The standard InChI is InChI=1S/C19H19ClN2O4/c1-25-16-8-7-13(10-14(16)20)21-19(24)12-9-18(23)22(11-12)15-5-3-4-6-17(15)26-2/h3-8,10,12H,9,11H2,1-2H3,(H,21,24). The summed E-state index contributed by atoms with van der Waals surface area (Å²) >= 11 is 6.08. The summed E-state index contributed by atoms with van der Waals surface area (Å²) in [5.41, 5.74) is 1.23. The van der Waals surface area contributed by atoms with Gasteiger partial charge in [0.1, 0.15) is 11.5 Å². The highest BCUT2D eigenvalue weighted by molar-refractivity contribution is 6.32. The van der Waals surface area contributed by atoms with E-state index in [1.54, 1.807) is 42.3 Å². The normalized spacial score (nSPS) is 16.5. The fraction of sp³-hybridized carbons (Fsp3) is 0.263. The highest BCUT2D eigenvalue weighted by Gasteiger charge is 2.36. The van der Waals surface area contributed by atoms with Gasteiger partial charge in [0.2, 0.25) is 11.8 Å². The van der Waals surface area contributed by atoms with Gasteiger partial charge in [-0.1, -0.05) is 23.7 Å². The maximum Gasteiger partial charge on any atom is 0.229 e. The molecule has 1 saturated heterocycles. The lowest BCUT2D eigenvalue weighted by Gasteiger charge is -2.19. The van der Waals surface area contributed by atoms with E-state index in [0.717, 1.165) is 0 Å². The summed E-state index contributed by atoms with van der Waals surface area (Å²) in [5.74, 6) is 0.347. The van der Waals surface area contributed by atoms with E-state index in [0.29, 0.717) is 34.4 Å². The molecule has 136 valence electrons. The summed E-state index contributed by atoms with van der Waals surface area (Å²) in [7, 11) is 3.08. The number of methoxy groups -OCH3 is 2. The lowest BCUT2D eigenvalue weighted by molar-refractivity contribution is -0.122. The first-order chi connectivity index (χ1) is 12.5. The number of amides is 2. The fourth-order valence-electron chi connectivity index (χ4n) is 2.96. The second-order valence-corrected chi connectivity index (χ2v) is 6.32. The second-order valence-electron chi connectivity index (χ2n) is 5.92. The molecule has 1 unspecified atom stereocenters. The predicted molar refractivity (Wildman–Crippen MR) is 100 cm³/mol. The number of ether oxygens (including phenoxy) is 2. The minimum absolute atomic E-state index is 0.109. The van der Waals surface area contributed by atoms with Gasteiger partial charge in [-0.2, -0.15) is 0 Å². The van der Waals surface area contributed by atoms with Crippen LogP contribution in [0.25, 0.3) is 0 Å². The van der Waals surface area contributed by atoms with E-state index >= 15 is 0 Å². The van der Waals surface area contributed by atoms with Gasteiger partial charge in [-0.3, -0.25) is 9.59 Å². The van der Waals surface area contributed by atoms with Crippen molar-refractivity contribution in [2.45, 2.75) is 6.42 Å². The molecule has 7 heteroatoms. The van der Waals surface area contributed by atoms with Gasteiger partial charge in [0.15, 0.2) is 0 Å².